The Hall–Kier alpha value is -2.53. The smallest absolute Gasteiger partial charge is 0.227 e. The van der Waals surface area contributed by atoms with E-state index < -0.39 is 0 Å². The van der Waals surface area contributed by atoms with Crippen LogP contribution in [-0.2, 0) is 9.59 Å². The Balaban J connectivity index is 1.47. The molecule has 1 fully saturated rings. The molecule has 0 saturated carbocycles. The van der Waals surface area contributed by atoms with Crippen LogP contribution in [0.2, 0.25) is 5.02 Å². The average molecular weight is 371 g/mol. The van der Waals surface area contributed by atoms with E-state index in [1.807, 2.05) is 36.4 Å². The molecule has 4 rings (SSSR count). The molecule has 2 unspecified atom stereocenters. The minimum absolute atomic E-state index is 0.0781. The third-order valence-corrected chi connectivity index (χ3v) is 5.23. The van der Waals surface area contributed by atoms with Crippen LogP contribution in [0.4, 0.5) is 5.69 Å². The van der Waals surface area contributed by atoms with Crippen molar-refractivity contribution in [3.8, 4) is 5.75 Å². The van der Waals surface area contributed by atoms with E-state index in [0.717, 1.165) is 17.7 Å². The summed E-state index contributed by atoms with van der Waals surface area (Å²) in [5.41, 5.74) is 1.64. The zero-order valence-corrected chi connectivity index (χ0v) is 14.9. The van der Waals surface area contributed by atoms with Crippen molar-refractivity contribution in [2.24, 2.45) is 5.92 Å². The second-order valence-corrected chi connectivity index (χ2v) is 7.00. The Kier molecular flexibility index (Phi) is 4.55. The number of amides is 2. The lowest BCUT2D eigenvalue weighted by Crippen LogP contribution is -2.37. The van der Waals surface area contributed by atoms with Gasteiger partial charge >= 0.3 is 0 Å². The quantitative estimate of drug-likeness (QED) is 0.901. The number of hydrogen-bond donors (Lipinski definition) is 1. The van der Waals surface area contributed by atoms with Gasteiger partial charge in [-0.2, -0.15) is 0 Å². The monoisotopic (exact) mass is 370 g/mol. The van der Waals surface area contributed by atoms with E-state index in [1.165, 1.54) is 0 Å². The number of carbonyl (C=O) groups is 2. The van der Waals surface area contributed by atoms with Crippen molar-refractivity contribution in [3.63, 3.8) is 0 Å². The summed E-state index contributed by atoms with van der Waals surface area (Å²) in [6.07, 6.45) is 0.916. The van der Waals surface area contributed by atoms with Gasteiger partial charge in [-0.3, -0.25) is 9.59 Å². The van der Waals surface area contributed by atoms with Crippen molar-refractivity contribution >= 4 is 29.1 Å². The second-order valence-electron chi connectivity index (χ2n) is 6.59. The molecular formula is C20H19ClN2O3. The Morgan fingerprint density at radius 1 is 1.15 bits per heavy atom. The first-order chi connectivity index (χ1) is 12.6. The molecular weight excluding hydrogens is 352 g/mol. The number of anilines is 1. The van der Waals surface area contributed by atoms with Crippen LogP contribution < -0.4 is 15.0 Å². The van der Waals surface area contributed by atoms with E-state index in [-0.39, 0.29) is 30.2 Å². The van der Waals surface area contributed by atoms with E-state index in [9.17, 15) is 9.59 Å². The van der Waals surface area contributed by atoms with Gasteiger partial charge in [-0.05, 0) is 18.2 Å². The maximum atomic E-state index is 12.8. The van der Waals surface area contributed by atoms with Crippen molar-refractivity contribution in [3.05, 3.63) is 59.1 Å². The van der Waals surface area contributed by atoms with Crippen LogP contribution in [0.25, 0.3) is 0 Å². The molecule has 5 nitrogen and oxygen atoms in total. The lowest BCUT2D eigenvalue weighted by molar-refractivity contribution is -0.127. The first-order valence-corrected chi connectivity index (χ1v) is 9.08. The van der Waals surface area contributed by atoms with Crippen molar-refractivity contribution in [1.29, 1.82) is 0 Å². The molecule has 2 heterocycles. The van der Waals surface area contributed by atoms with Gasteiger partial charge in [0, 0.05) is 24.9 Å². The summed E-state index contributed by atoms with van der Waals surface area (Å²) in [5.74, 6) is 0.248. The van der Waals surface area contributed by atoms with Gasteiger partial charge in [0.15, 0.2) is 0 Å². The molecule has 0 bridgehead atoms. The SMILES string of the molecule is O=C(NC1CCOc2ccccc21)C1CC(=O)N(c2ccccc2Cl)C1. The normalized spacial score (nSPS) is 21.9. The van der Waals surface area contributed by atoms with Crippen LogP contribution in [0.5, 0.6) is 5.75 Å². The molecule has 2 atom stereocenters. The zero-order chi connectivity index (χ0) is 18.1. The topological polar surface area (TPSA) is 58.6 Å². The van der Waals surface area contributed by atoms with Crippen molar-refractivity contribution in [2.75, 3.05) is 18.1 Å². The number of fused-ring (bicyclic) bond motifs is 1. The summed E-state index contributed by atoms with van der Waals surface area (Å²) < 4.78 is 5.64. The predicted octanol–water partition coefficient (Wildman–Crippen LogP) is 3.33. The van der Waals surface area contributed by atoms with E-state index in [4.69, 9.17) is 16.3 Å². The molecule has 26 heavy (non-hydrogen) atoms. The molecule has 2 amide bonds. The standard InChI is InChI=1S/C20H19ClN2O3/c21-15-6-2-3-7-17(15)23-12-13(11-19(23)24)20(25)22-16-9-10-26-18-8-4-1-5-14(16)18/h1-8,13,16H,9-12H2,(H,22,25). The fraction of sp³-hybridized carbons (Fsp3) is 0.300. The van der Waals surface area contributed by atoms with Crippen molar-refractivity contribution in [2.45, 2.75) is 18.9 Å². The van der Waals surface area contributed by atoms with Crippen LogP contribution in [-0.4, -0.2) is 25.0 Å². The summed E-state index contributed by atoms with van der Waals surface area (Å²) in [6, 6.07) is 14.8. The molecule has 0 aromatic heterocycles. The molecule has 0 spiro atoms. The summed E-state index contributed by atoms with van der Waals surface area (Å²) >= 11 is 6.20. The van der Waals surface area contributed by atoms with Gasteiger partial charge in [-0.15, -0.1) is 0 Å². The largest absolute Gasteiger partial charge is 0.493 e. The molecule has 0 radical (unpaired) electrons. The number of rotatable bonds is 3. The predicted molar refractivity (Wildman–Crippen MR) is 99.3 cm³/mol. The van der Waals surface area contributed by atoms with Gasteiger partial charge in [0.2, 0.25) is 11.8 Å². The van der Waals surface area contributed by atoms with E-state index in [1.54, 1.807) is 17.0 Å². The van der Waals surface area contributed by atoms with Gasteiger partial charge in [0.05, 0.1) is 29.3 Å². The molecule has 1 N–H and O–H groups in total. The highest BCUT2D eigenvalue weighted by Gasteiger charge is 2.37. The number of para-hydroxylation sites is 2. The van der Waals surface area contributed by atoms with Crippen LogP contribution in [0, 0.1) is 5.92 Å². The number of ether oxygens (including phenoxy) is 1. The molecule has 134 valence electrons. The molecule has 1 saturated heterocycles. The number of benzene rings is 2. The summed E-state index contributed by atoms with van der Waals surface area (Å²) in [4.78, 5) is 26.8. The van der Waals surface area contributed by atoms with Gasteiger partial charge in [0.25, 0.3) is 0 Å². The third kappa shape index (κ3) is 3.15. The van der Waals surface area contributed by atoms with Crippen molar-refractivity contribution in [1.82, 2.24) is 5.32 Å². The lowest BCUT2D eigenvalue weighted by atomic mass is 9.99. The molecule has 2 aromatic carbocycles. The third-order valence-electron chi connectivity index (χ3n) is 4.91. The minimum Gasteiger partial charge on any atom is -0.493 e. The lowest BCUT2D eigenvalue weighted by Gasteiger charge is -2.27. The zero-order valence-electron chi connectivity index (χ0n) is 14.2. The Morgan fingerprint density at radius 3 is 2.77 bits per heavy atom. The Morgan fingerprint density at radius 2 is 1.92 bits per heavy atom. The van der Waals surface area contributed by atoms with Gasteiger partial charge < -0.3 is 15.0 Å². The number of halogens is 1. The van der Waals surface area contributed by atoms with Crippen LogP contribution in [0.15, 0.2) is 48.5 Å². The summed E-state index contributed by atoms with van der Waals surface area (Å²) in [5, 5.41) is 3.61. The highest BCUT2D eigenvalue weighted by molar-refractivity contribution is 6.33. The fourth-order valence-corrected chi connectivity index (χ4v) is 3.81. The van der Waals surface area contributed by atoms with Gasteiger partial charge in [0.1, 0.15) is 5.75 Å². The maximum absolute atomic E-state index is 12.8. The van der Waals surface area contributed by atoms with Crippen LogP contribution in [0.3, 0.4) is 0 Å². The maximum Gasteiger partial charge on any atom is 0.227 e. The number of nitrogens with zero attached hydrogens (tertiary/aromatic N) is 1. The minimum atomic E-state index is -0.381. The second kappa shape index (κ2) is 7.00. The summed E-state index contributed by atoms with van der Waals surface area (Å²) in [7, 11) is 0. The highest BCUT2D eigenvalue weighted by atomic mass is 35.5. The van der Waals surface area contributed by atoms with Crippen molar-refractivity contribution < 1.29 is 14.3 Å². The van der Waals surface area contributed by atoms with E-state index in [2.05, 4.69) is 5.32 Å². The molecule has 6 heteroatoms. The first kappa shape index (κ1) is 16.9. The molecule has 2 aromatic rings. The molecule has 0 aliphatic carbocycles. The Bertz CT molecular complexity index is 854. The number of carbonyl (C=O) groups excluding carboxylic acids is 2. The van der Waals surface area contributed by atoms with Gasteiger partial charge in [-0.25, -0.2) is 0 Å². The van der Waals surface area contributed by atoms with Crippen LogP contribution in [0.1, 0.15) is 24.4 Å². The first-order valence-electron chi connectivity index (χ1n) is 8.70. The number of hydrogen-bond acceptors (Lipinski definition) is 3. The Labute approximate surface area is 156 Å². The van der Waals surface area contributed by atoms with E-state index >= 15 is 0 Å². The van der Waals surface area contributed by atoms with Gasteiger partial charge in [-0.1, -0.05) is 41.9 Å². The average Bonchev–Trinajstić information content (AvgIpc) is 3.04. The fourth-order valence-electron chi connectivity index (χ4n) is 3.57. The van der Waals surface area contributed by atoms with Crippen LogP contribution >= 0.6 is 11.6 Å². The van der Waals surface area contributed by atoms with E-state index in [0.29, 0.717) is 23.9 Å². The molecule has 2 aliphatic rings. The summed E-state index contributed by atoms with van der Waals surface area (Å²) in [6.45, 7) is 0.913. The molecule has 2 aliphatic heterocycles. The number of nitrogens with one attached hydrogen (secondary N) is 1. The highest BCUT2D eigenvalue weighted by Crippen LogP contribution is 2.34.